The van der Waals surface area contributed by atoms with Crippen molar-refractivity contribution in [3.05, 3.63) is 0 Å². The molecule has 0 aromatic carbocycles. The molecule has 1 nitrogen and oxygen atoms in total. The average Bonchev–Trinajstić information content (AvgIpc) is 2.02. The third-order valence-electron chi connectivity index (χ3n) is 3.05. The van der Waals surface area contributed by atoms with E-state index in [0.29, 0.717) is 0 Å². The van der Waals surface area contributed by atoms with Crippen molar-refractivity contribution in [2.45, 2.75) is 45.5 Å². The standard InChI is InChI=1S/C11H25NSi/c1-11-5-7-12(8-6-11)9-10-13(2,3)4/h11H,5-10H2,1-4H3. The maximum absolute atomic E-state index is 2.66. The van der Waals surface area contributed by atoms with Crippen LogP contribution < -0.4 is 0 Å². The minimum Gasteiger partial charge on any atom is -0.304 e. The van der Waals surface area contributed by atoms with Gasteiger partial charge >= 0.3 is 0 Å². The van der Waals surface area contributed by atoms with Crippen LogP contribution in [0.3, 0.4) is 0 Å². The highest BCUT2D eigenvalue weighted by Crippen LogP contribution is 2.17. The van der Waals surface area contributed by atoms with Gasteiger partial charge in [0.05, 0.1) is 0 Å². The summed E-state index contributed by atoms with van der Waals surface area (Å²) in [6.07, 6.45) is 2.84. The van der Waals surface area contributed by atoms with Crippen molar-refractivity contribution in [1.82, 2.24) is 4.90 Å². The molecular weight excluding hydrogens is 174 g/mol. The molecule has 0 atom stereocenters. The van der Waals surface area contributed by atoms with E-state index in [0.717, 1.165) is 5.92 Å². The molecule has 1 saturated heterocycles. The molecule has 0 aliphatic carbocycles. The van der Waals surface area contributed by atoms with Crippen LogP contribution in [0.5, 0.6) is 0 Å². The Bertz CT molecular complexity index is 143. The third-order valence-corrected chi connectivity index (χ3v) is 4.78. The van der Waals surface area contributed by atoms with Crippen LogP contribution in [0.15, 0.2) is 0 Å². The minimum atomic E-state index is -0.800. The summed E-state index contributed by atoms with van der Waals surface area (Å²) in [6, 6.07) is 1.47. The second-order valence-electron chi connectivity index (χ2n) is 5.83. The minimum absolute atomic E-state index is 0.800. The van der Waals surface area contributed by atoms with Crippen molar-refractivity contribution in [2.75, 3.05) is 19.6 Å². The first kappa shape index (κ1) is 11.3. The van der Waals surface area contributed by atoms with E-state index in [2.05, 4.69) is 31.5 Å². The highest BCUT2D eigenvalue weighted by molar-refractivity contribution is 6.76. The van der Waals surface area contributed by atoms with Gasteiger partial charge in [-0.05, 0) is 44.4 Å². The first-order valence-electron chi connectivity index (χ1n) is 5.70. The molecule has 0 aromatic heterocycles. The zero-order valence-corrected chi connectivity index (χ0v) is 10.8. The van der Waals surface area contributed by atoms with Crippen molar-refractivity contribution in [3.63, 3.8) is 0 Å². The molecule has 78 valence electrons. The van der Waals surface area contributed by atoms with E-state index in [-0.39, 0.29) is 0 Å². The summed E-state index contributed by atoms with van der Waals surface area (Å²) in [4.78, 5) is 2.66. The highest BCUT2D eigenvalue weighted by Gasteiger charge is 2.18. The van der Waals surface area contributed by atoms with Gasteiger partial charge in [0, 0.05) is 8.07 Å². The van der Waals surface area contributed by atoms with E-state index < -0.39 is 8.07 Å². The van der Waals surface area contributed by atoms with Gasteiger partial charge in [-0.15, -0.1) is 0 Å². The van der Waals surface area contributed by atoms with Gasteiger partial charge < -0.3 is 4.90 Å². The van der Waals surface area contributed by atoms with Crippen molar-refractivity contribution < 1.29 is 0 Å². The molecule has 0 bridgehead atoms. The van der Waals surface area contributed by atoms with Gasteiger partial charge in [-0.3, -0.25) is 0 Å². The Hall–Kier alpha value is 0.177. The molecule has 0 N–H and O–H groups in total. The summed E-state index contributed by atoms with van der Waals surface area (Å²) >= 11 is 0. The molecule has 1 fully saturated rings. The van der Waals surface area contributed by atoms with E-state index >= 15 is 0 Å². The fourth-order valence-electron chi connectivity index (χ4n) is 1.78. The Kier molecular flexibility index (Phi) is 3.99. The fourth-order valence-corrected chi connectivity index (χ4v) is 2.77. The maximum atomic E-state index is 2.66. The lowest BCUT2D eigenvalue weighted by Gasteiger charge is -2.31. The largest absolute Gasteiger partial charge is 0.304 e. The molecule has 0 spiro atoms. The van der Waals surface area contributed by atoms with Crippen molar-refractivity contribution in [2.24, 2.45) is 5.92 Å². The first-order chi connectivity index (χ1) is 5.97. The topological polar surface area (TPSA) is 3.24 Å². The Morgan fingerprint density at radius 1 is 1.15 bits per heavy atom. The van der Waals surface area contributed by atoms with Crippen LogP contribution in [-0.4, -0.2) is 32.6 Å². The van der Waals surface area contributed by atoms with Crippen LogP contribution in [0, 0.1) is 5.92 Å². The Labute approximate surface area is 84.5 Å². The fraction of sp³-hybridized carbons (Fsp3) is 1.00. The second kappa shape index (κ2) is 4.60. The number of likely N-dealkylation sites (tertiary alicyclic amines) is 1. The molecule has 1 rings (SSSR count). The molecule has 1 aliphatic heterocycles. The predicted octanol–water partition coefficient (Wildman–Crippen LogP) is 3.06. The molecule has 2 heteroatoms. The van der Waals surface area contributed by atoms with Crippen LogP contribution in [0.25, 0.3) is 0 Å². The Morgan fingerprint density at radius 2 is 1.69 bits per heavy atom. The monoisotopic (exact) mass is 199 g/mol. The second-order valence-corrected chi connectivity index (χ2v) is 11.5. The first-order valence-corrected chi connectivity index (χ1v) is 9.40. The summed E-state index contributed by atoms with van der Waals surface area (Å²) in [5, 5.41) is 0. The lowest BCUT2D eigenvalue weighted by molar-refractivity contribution is 0.200. The number of hydrogen-bond acceptors (Lipinski definition) is 1. The van der Waals surface area contributed by atoms with Crippen molar-refractivity contribution >= 4 is 8.07 Å². The van der Waals surface area contributed by atoms with E-state index in [1.165, 1.54) is 38.5 Å². The number of piperidine rings is 1. The lowest BCUT2D eigenvalue weighted by atomic mass is 9.99. The summed E-state index contributed by atoms with van der Waals surface area (Å²) in [7, 11) is -0.800. The lowest BCUT2D eigenvalue weighted by Crippen LogP contribution is -2.36. The molecule has 13 heavy (non-hydrogen) atoms. The third kappa shape index (κ3) is 4.82. The Morgan fingerprint density at radius 3 is 2.15 bits per heavy atom. The van der Waals surface area contributed by atoms with E-state index in [9.17, 15) is 0 Å². The van der Waals surface area contributed by atoms with Crippen LogP contribution in [0.2, 0.25) is 25.7 Å². The highest BCUT2D eigenvalue weighted by atomic mass is 28.3. The molecule has 1 aliphatic rings. The van der Waals surface area contributed by atoms with Gasteiger partial charge in [0.1, 0.15) is 0 Å². The zero-order valence-electron chi connectivity index (χ0n) is 9.77. The quantitative estimate of drug-likeness (QED) is 0.632. The van der Waals surface area contributed by atoms with Gasteiger partial charge in [-0.1, -0.05) is 26.6 Å². The molecular formula is C11H25NSi. The predicted molar refractivity (Wildman–Crippen MR) is 63.0 cm³/mol. The Balaban J connectivity index is 2.16. The smallest absolute Gasteiger partial charge is 0.0455 e. The maximum Gasteiger partial charge on any atom is 0.0455 e. The van der Waals surface area contributed by atoms with E-state index in [4.69, 9.17) is 0 Å². The van der Waals surface area contributed by atoms with Gasteiger partial charge in [0.2, 0.25) is 0 Å². The van der Waals surface area contributed by atoms with Crippen molar-refractivity contribution in [3.8, 4) is 0 Å². The average molecular weight is 199 g/mol. The number of hydrogen-bond donors (Lipinski definition) is 0. The van der Waals surface area contributed by atoms with Gasteiger partial charge in [0.15, 0.2) is 0 Å². The summed E-state index contributed by atoms with van der Waals surface area (Å²) in [5.74, 6) is 0.975. The number of nitrogens with zero attached hydrogens (tertiary/aromatic N) is 1. The molecule has 0 amide bonds. The summed E-state index contributed by atoms with van der Waals surface area (Å²) in [6.45, 7) is 13.9. The summed E-state index contributed by atoms with van der Waals surface area (Å²) < 4.78 is 0. The van der Waals surface area contributed by atoms with E-state index in [1.807, 2.05) is 0 Å². The molecule has 0 saturated carbocycles. The molecule has 0 radical (unpaired) electrons. The van der Waals surface area contributed by atoms with Gasteiger partial charge in [-0.25, -0.2) is 0 Å². The van der Waals surface area contributed by atoms with Crippen LogP contribution in [0.4, 0.5) is 0 Å². The molecule has 0 aromatic rings. The van der Waals surface area contributed by atoms with Crippen LogP contribution in [0.1, 0.15) is 19.8 Å². The SMILES string of the molecule is CC1CCN(CC[Si](C)(C)C)CC1. The van der Waals surface area contributed by atoms with E-state index in [1.54, 1.807) is 0 Å². The van der Waals surface area contributed by atoms with Crippen LogP contribution in [-0.2, 0) is 0 Å². The van der Waals surface area contributed by atoms with Gasteiger partial charge in [0.25, 0.3) is 0 Å². The summed E-state index contributed by atoms with van der Waals surface area (Å²) in [5.41, 5.74) is 0. The zero-order chi connectivity index (χ0) is 9.90. The van der Waals surface area contributed by atoms with Crippen molar-refractivity contribution in [1.29, 1.82) is 0 Å². The number of rotatable bonds is 3. The molecule has 0 unspecified atom stereocenters. The van der Waals surface area contributed by atoms with Gasteiger partial charge in [-0.2, -0.15) is 0 Å². The van der Waals surface area contributed by atoms with Crippen LogP contribution >= 0.6 is 0 Å². The molecule has 1 heterocycles. The normalized spacial score (nSPS) is 22.2.